The molecule has 1 atom stereocenters. The highest BCUT2D eigenvalue weighted by atomic mass is 32.1. The fourth-order valence-electron chi connectivity index (χ4n) is 1.52. The van der Waals surface area contributed by atoms with E-state index < -0.39 is 0 Å². The van der Waals surface area contributed by atoms with Crippen molar-refractivity contribution >= 4 is 11.3 Å². The van der Waals surface area contributed by atoms with E-state index in [4.69, 9.17) is 0 Å². The summed E-state index contributed by atoms with van der Waals surface area (Å²) in [6.45, 7) is 5.97. The van der Waals surface area contributed by atoms with Gasteiger partial charge in [-0.1, -0.05) is 0 Å². The highest BCUT2D eigenvalue weighted by Gasteiger charge is 2.04. The number of aryl methyl sites for hydroxylation is 1. The van der Waals surface area contributed by atoms with Crippen molar-refractivity contribution in [3.63, 3.8) is 0 Å². The van der Waals surface area contributed by atoms with Crippen LogP contribution < -0.4 is 5.32 Å². The molecule has 0 radical (unpaired) electrons. The molecule has 0 aliphatic carbocycles. The van der Waals surface area contributed by atoms with E-state index in [-0.39, 0.29) is 0 Å². The molecule has 2 aromatic heterocycles. The predicted molar refractivity (Wildman–Crippen MR) is 65.4 cm³/mol. The third kappa shape index (κ3) is 3.15. The van der Waals surface area contributed by atoms with E-state index in [1.807, 2.05) is 30.1 Å². The molecule has 2 rings (SSSR count). The molecule has 5 heteroatoms. The summed E-state index contributed by atoms with van der Waals surface area (Å²) in [5.74, 6) is 0. The van der Waals surface area contributed by atoms with E-state index in [9.17, 15) is 0 Å². The van der Waals surface area contributed by atoms with Crippen LogP contribution in [0.15, 0.2) is 24.7 Å². The summed E-state index contributed by atoms with van der Waals surface area (Å²) < 4.78 is 1.94. The molecular weight excluding hydrogens is 220 g/mol. The van der Waals surface area contributed by atoms with Crippen molar-refractivity contribution in [2.24, 2.45) is 0 Å². The minimum Gasteiger partial charge on any atom is -0.307 e. The molecule has 16 heavy (non-hydrogen) atoms. The molecule has 1 N–H and O–H groups in total. The number of hydrogen-bond acceptors (Lipinski definition) is 4. The Bertz CT molecular complexity index is 421. The molecule has 0 saturated carbocycles. The van der Waals surface area contributed by atoms with Crippen molar-refractivity contribution in [1.82, 2.24) is 20.1 Å². The number of hydrogen-bond donors (Lipinski definition) is 1. The Labute approximate surface area is 99.3 Å². The zero-order chi connectivity index (χ0) is 11.4. The first-order chi connectivity index (χ1) is 7.74. The van der Waals surface area contributed by atoms with E-state index in [2.05, 4.69) is 22.3 Å². The zero-order valence-corrected chi connectivity index (χ0v) is 10.4. The second kappa shape index (κ2) is 5.23. The van der Waals surface area contributed by atoms with Crippen molar-refractivity contribution in [1.29, 1.82) is 0 Å². The van der Waals surface area contributed by atoms with Gasteiger partial charge in [0.15, 0.2) is 0 Å². The quantitative estimate of drug-likeness (QED) is 0.861. The van der Waals surface area contributed by atoms with Crippen LogP contribution in [0.4, 0.5) is 0 Å². The summed E-state index contributed by atoms with van der Waals surface area (Å²) in [7, 11) is 0. The molecule has 1 unspecified atom stereocenters. The molecule has 0 saturated heterocycles. The largest absolute Gasteiger partial charge is 0.307 e. The van der Waals surface area contributed by atoms with Crippen LogP contribution in [0.2, 0.25) is 0 Å². The monoisotopic (exact) mass is 236 g/mol. The number of nitrogens with one attached hydrogen (secondary N) is 1. The predicted octanol–water partition coefficient (Wildman–Crippen LogP) is 1.83. The van der Waals surface area contributed by atoms with Crippen molar-refractivity contribution in [2.75, 3.05) is 0 Å². The van der Waals surface area contributed by atoms with E-state index >= 15 is 0 Å². The van der Waals surface area contributed by atoms with Crippen LogP contribution in [0.25, 0.3) is 0 Å². The van der Waals surface area contributed by atoms with Crippen molar-refractivity contribution < 1.29 is 0 Å². The second-order valence-corrected chi connectivity index (χ2v) is 5.17. The molecule has 2 aromatic rings. The Hall–Kier alpha value is -1.20. The molecule has 0 aliphatic rings. The van der Waals surface area contributed by atoms with Gasteiger partial charge in [0.25, 0.3) is 0 Å². The van der Waals surface area contributed by atoms with E-state index in [0.29, 0.717) is 6.04 Å². The number of aromatic nitrogens is 3. The maximum atomic E-state index is 4.23. The fraction of sp³-hybridized carbons (Fsp3) is 0.455. The second-order valence-electron chi connectivity index (χ2n) is 3.86. The molecule has 0 aromatic carbocycles. The Balaban J connectivity index is 1.77. The summed E-state index contributed by atoms with van der Waals surface area (Å²) in [4.78, 5) is 5.51. The van der Waals surface area contributed by atoms with Crippen LogP contribution in [0.5, 0.6) is 0 Å². The maximum absolute atomic E-state index is 4.23. The minimum absolute atomic E-state index is 0.405. The van der Waals surface area contributed by atoms with Crippen LogP contribution in [0, 0.1) is 6.92 Å². The lowest BCUT2D eigenvalue weighted by Gasteiger charge is -2.12. The molecular formula is C11H16N4S. The lowest BCUT2D eigenvalue weighted by Crippen LogP contribution is -2.29. The van der Waals surface area contributed by atoms with Gasteiger partial charge in [0.05, 0.1) is 11.6 Å². The van der Waals surface area contributed by atoms with Gasteiger partial charge in [-0.25, -0.2) is 4.98 Å². The first kappa shape index (κ1) is 11.3. The topological polar surface area (TPSA) is 42.7 Å². The van der Waals surface area contributed by atoms with Crippen molar-refractivity contribution in [3.05, 3.63) is 34.5 Å². The Morgan fingerprint density at radius 1 is 1.56 bits per heavy atom. The lowest BCUT2D eigenvalue weighted by molar-refractivity contribution is 0.452. The normalized spacial score (nSPS) is 12.9. The Kier molecular flexibility index (Phi) is 3.69. The summed E-state index contributed by atoms with van der Waals surface area (Å²) in [6, 6.07) is 2.35. The molecule has 0 bridgehead atoms. The smallest absolute Gasteiger partial charge is 0.0897 e. The third-order valence-electron chi connectivity index (χ3n) is 2.31. The highest BCUT2D eigenvalue weighted by Crippen LogP contribution is 2.10. The molecule has 0 fully saturated rings. The van der Waals surface area contributed by atoms with Gasteiger partial charge in [0, 0.05) is 36.1 Å². The SMILES string of the molecule is Cc1ncc(CNC(C)Cn2cccn2)s1. The van der Waals surface area contributed by atoms with Crippen molar-refractivity contribution in [3.8, 4) is 0 Å². The van der Waals surface area contributed by atoms with Gasteiger partial charge in [-0.05, 0) is 19.9 Å². The van der Waals surface area contributed by atoms with Crippen LogP contribution in [0.3, 0.4) is 0 Å². The average molecular weight is 236 g/mol. The summed E-state index contributed by atoms with van der Waals surface area (Å²) in [6.07, 6.45) is 5.72. The molecule has 0 spiro atoms. The highest BCUT2D eigenvalue weighted by molar-refractivity contribution is 7.11. The van der Waals surface area contributed by atoms with Crippen molar-refractivity contribution in [2.45, 2.75) is 33.0 Å². The van der Waals surface area contributed by atoms with E-state index in [1.165, 1.54) is 4.88 Å². The lowest BCUT2D eigenvalue weighted by atomic mass is 10.3. The van der Waals surface area contributed by atoms with Crippen LogP contribution in [-0.2, 0) is 13.1 Å². The van der Waals surface area contributed by atoms with Gasteiger partial charge in [0.1, 0.15) is 0 Å². The minimum atomic E-state index is 0.405. The van der Waals surface area contributed by atoms with Gasteiger partial charge in [-0.3, -0.25) is 4.68 Å². The third-order valence-corrected chi connectivity index (χ3v) is 3.23. The summed E-state index contributed by atoms with van der Waals surface area (Å²) in [5.41, 5.74) is 0. The molecule has 2 heterocycles. The van der Waals surface area contributed by atoms with Crippen LogP contribution in [0.1, 0.15) is 16.8 Å². The van der Waals surface area contributed by atoms with E-state index in [1.54, 1.807) is 17.5 Å². The first-order valence-corrected chi connectivity index (χ1v) is 6.18. The standard InChI is InChI=1S/C11H16N4S/c1-9(8-15-5-3-4-14-15)12-6-11-7-13-10(2)16-11/h3-5,7,9,12H,6,8H2,1-2H3. The Morgan fingerprint density at radius 2 is 2.44 bits per heavy atom. The van der Waals surface area contributed by atoms with Crippen LogP contribution >= 0.6 is 11.3 Å². The Morgan fingerprint density at radius 3 is 3.06 bits per heavy atom. The first-order valence-electron chi connectivity index (χ1n) is 5.36. The number of rotatable bonds is 5. The molecule has 0 amide bonds. The van der Waals surface area contributed by atoms with E-state index in [0.717, 1.165) is 18.1 Å². The molecule has 0 aliphatic heterocycles. The van der Waals surface area contributed by atoms with Gasteiger partial charge in [-0.2, -0.15) is 5.10 Å². The van der Waals surface area contributed by atoms with Gasteiger partial charge in [-0.15, -0.1) is 11.3 Å². The van der Waals surface area contributed by atoms with Gasteiger partial charge < -0.3 is 5.32 Å². The number of nitrogens with zero attached hydrogens (tertiary/aromatic N) is 3. The van der Waals surface area contributed by atoms with Gasteiger partial charge >= 0.3 is 0 Å². The zero-order valence-electron chi connectivity index (χ0n) is 9.55. The van der Waals surface area contributed by atoms with Crippen LogP contribution in [-0.4, -0.2) is 20.8 Å². The number of thiazole rings is 1. The molecule has 4 nitrogen and oxygen atoms in total. The fourth-order valence-corrected chi connectivity index (χ4v) is 2.26. The summed E-state index contributed by atoms with van der Waals surface area (Å²) >= 11 is 1.74. The maximum Gasteiger partial charge on any atom is 0.0897 e. The van der Waals surface area contributed by atoms with Gasteiger partial charge in [0.2, 0.25) is 0 Å². The average Bonchev–Trinajstić information content (AvgIpc) is 2.87. The summed E-state index contributed by atoms with van der Waals surface area (Å²) in [5, 5.41) is 8.76. The molecule has 86 valence electrons.